The minimum atomic E-state index is -0.288. The van der Waals surface area contributed by atoms with E-state index in [9.17, 15) is 9.59 Å². The van der Waals surface area contributed by atoms with Crippen LogP contribution in [0.15, 0.2) is 24.3 Å². The van der Waals surface area contributed by atoms with Gasteiger partial charge in [-0.3, -0.25) is 14.5 Å². The largest absolute Gasteiger partial charge is 0.497 e. The summed E-state index contributed by atoms with van der Waals surface area (Å²) in [4.78, 5) is 28.4. The summed E-state index contributed by atoms with van der Waals surface area (Å²) in [5, 5.41) is 0. The summed E-state index contributed by atoms with van der Waals surface area (Å²) >= 11 is 0. The average molecular weight is 288 g/mol. The van der Waals surface area contributed by atoms with Crippen molar-refractivity contribution in [3.63, 3.8) is 0 Å². The maximum absolute atomic E-state index is 12.6. The van der Waals surface area contributed by atoms with Crippen LogP contribution in [0.1, 0.15) is 25.7 Å². The number of amides is 2. The van der Waals surface area contributed by atoms with Crippen LogP contribution in [0.3, 0.4) is 0 Å². The Balaban J connectivity index is 1.82. The molecule has 0 radical (unpaired) electrons. The molecule has 0 bridgehead atoms. The van der Waals surface area contributed by atoms with Crippen LogP contribution in [-0.4, -0.2) is 43.0 Å². The van der Waals surface area contributed by atoms with Crippen molar-refractivity contribution in [1.82, 2.24) is 4.90 Å². The number of anilines is 1. The van der Waals surface area contributed by atoms with Gasteiger partial charge < -0.3 is 4.74 Å². The van der Waals surface area contributed by atoms with Gasteiger partial charge in [0.2, 0.25) is 5.91 Å². The number of ether oxygens (including phenoxy) is 1. The highest BCUT2D eigenvalue weighted by atomic mass is 16.5. The number of rotatable bonds is 3. The van der Waals surface area contributed by atoms with E-state index < -0.39 is 0 Å². The third kappa shape index (κ3) is 2.65. The van der Waals surface area contributed by atoms with Gasteiger partial charge in [0.15, 0.2) is 0 Å². The zero-order chi connectivity index (χ0) is 14.8. The molecule has 2 heterocycles. The van der Waals surface area contributed by atoms with Gasteiger partial charge in [-0.15, -0.1) is 0 Å². The third-order valence-corrected chi connectivity index (χ3v) is 4.27. The van der Waals surface area contributed by atoms with Gasteiger partial charge in [-0.2, -0.15) is 0 Å². The van der Waals surface area contributed by atoms with Gasteiger partial charge in [0.25, 0.3) is 5.91 Å². The van der Waals surface area contributed by atoms with Gasteiger partial charge in [-0.05, 0) is 38.1 Å². The number of hydrogen-bond donors (Lipinski definition) is 0. The molecule has 0 aliphatic carbocycles. The lowest BCUT2D eigenvalue weighted by Crippen LogP contribution is -2.44. The second-order valence-electron chi connectivity index (χ2n) is 5.59. The number of carbonyl (C=O) groups excluding carboxylic acids is 2. The molecular formula is C16H20N2O3. The molecule has 2 aliphatic heterocycles. The number of piperidine rings is 1. The number of likely N-dealkylation sites (tertiary alicyclic amines) is 1. The van der Waals surface area contributed by atoms with Gasteiger partial charge in [0.05, 0.1) is 25.3 Å². The molecule has 1 aromatic carbocycles. The summed E-state index contributed by atoms with van der Waals surface area (Å²) in [5.74, 6) is 0.425. The van der Waals surface area contributed by atoms with E-state index in [2.05, 4.69) is 4.90 Å². The maximum atomic E-state index is 12.6. The fraction of sp³-hybridized carbons (Fsp3) is 0.500. The Hall–Kier alpha value is -1.88. The molecule has 1 atom stereocenters. The molecule has 2 saturated heterocycles. The van der Waals surface area contributed by atoms with E-state index in [0.29, 0.717) is 11.4 Å². The van der Waals surface area contributed by atoms with Crippen molar-refractivity contribution < 1.29 is 14.3 Å². The Labute approximate surface area is 124 Å². The van der Waals surface area contributed by atoms with Crippen molar-refractivity contribution in [3.8, 4) is 5.75 Å². The van der Waals surface area contributed by atoms with Crippen LogP contribution in [-0.2, 0) is 9.59 Å². The van der Waals surface area contributed by atoms with Crippen molar-refractivity contribution in [1.29, 1.82) is 0 Å². The first-order valence-electron chi connectivity index (χ1n) is 7.45. The number of carbonyl (C=O) groups is 2. The number of methoxy groups -OCH3 is 1. The molecule has 2 fully saturated rings. The van der Waals surface area contributed by atoms with Gasteiger partial charge in [0, 0.05) is 6.07 Å². The standard InChI is InChI=1S/C16H20N2O3/c1-21-13-7-5-6-12(10-13)18-15(19)11-14(16(18)20)17-8-3-2-4-9-17/h5-7,10,14H,2-4,8-9,11H2,1H3/t14-/m1/s1. The molecule has 2 amide bonds. The fourth-order valence-electron chi connectivity index (χ4n) is 3.15. The highest BCUT2D eigenvalue weighted by Crippen LogP contribution is 2.29. The lowest BCUT2D eigenvalue weighted by atomic mass is 10.1. The van der Waals surface area contributed by atoms with Gasteiger partial charge in [-0.25, -0.2) is 4.90 Å². The average Bonchev–Trinajstić information content (AvgIpc) is 2.83. The first-order valence-corrected chi connectivity index (χ1v) is 7.45. The predicted octanol–water partition coefficient (Wildman–Crippen LogP) is 1.81. The summed E-state index contributed by atoms with van der Waals surface area (Å²) in [6.45, 7) is 1.82. The van der Waals surface area contributed by atoms with Gasteiger partial charge in [-0.1, -0.05) is 12.5 Å². The first-order chi connectivity index (χ1) is 10.2. The maximum Gasteiger partial charge on any atom is 0.251 e. The van der Waals surface area contributed by atoms with E-state index in [1.807, 2.05) is 0 Å². The van der Waals surface area contributed by atoms with Crippen molar-refractivity contribution >= 4 is 17.5 Å². The first kappa shape index (κ1) is 14.1. The van der Waals surface area contributed by atoms with E-state index in [1.54, 1.807) is 31.4 Å². The molecule has 21 heavy (non-hydrogen) atoms. The van der Waals surface area contributed by atoms with Crippen LogP contribution in [0, 0.1) is 0 Å². The van der Waals surface area contributed by atoms with Crippen LogP contribution in [0.2, 0.25) is 0 Å². The van der Waals surface area contributed by atoms with E-state index in [0.717, 1.165) is 25.9 Å². The van der Waals surface area contributed by atoms with Crippen LogP contribution in [0.5, 0.6) is 5.75 Å². The van der Waals surface area contributed by atoms with Crippen LogP contribution in [0.25, 0.3) is 0 Å². The molecule has 5 nitrogen and oxygen atoms in total. The van der Waals surface area contributed by atoms with E-state index in [-0.39, 0.29) is 24.3 Å². The lowest BCUT2D eigenvalue weighted by molar-refractivity contribution is -0.123. The summed E-state index contributed by atoms with van der Waals surface area (Å²) in [6.07, 6.45) is 3.72. The van der Waals surface area contributed by atoms with E-state index >= 15 is 0 Å². The number of imide groups is 1. The highest BCUT2D eigenvalue weighted by Gasteiger charge is 2.42. The molecule has 0 N–H and O–H groups in total. The normalized spacial score (nSPS) is 23.7. The second-order valence-corrected chi connectivity index (χ2v) is 5.59. The molecule has 0 aromatic heterocycles. The Morgan fingerprint density at radius 3 is 2.62 bits per heavy atom. The Morgan fingerprint density at radius 2 is 1.90 bits per heavy atom. The molecule has 3 rings (SSSR count). The van der Waals surface area contributed by atoms with Gasteiger partial charge >= 0.3 is 0 Å². The minimum Gasteiger partial charge on any atom is -0.497 e. The zero-order valence-electron chi connectivity index (χ0n) is 12.2. The molecule has 112 valence electrons. The third-order valence-electron chi connectivity index (χ3n) is 4.27. The summed E-state index contributed by atoms with van der Waals surface area (Å²) in [7, 11) is 1.57. The van der Waals surface area contributed by atoms with Crippen molar-refractivity contribution in [2.24, 2.45) is 0 Å². The van der Waals surface area contributed by atoms with Crippen molar-refractivity contribution in [2.45, 2.75) is 31.7 Å². The second kappa shape index (κ2) is 5.85. The Bertz CT molecular complexity index is 552. The molecule has 2 aliphatic rings. The number of hydrogen-bond acceptors (Lipinski definition) is 4. The van der Waals surface area contributed by atoms with Gasteiger partial charge in [0.1, 0.15) is 5.75 Å². The smallest absolute Gasteiger partial charge is 0.251 e. The lowest BCUT2D eigenvalue weighted by Gasteiger charge is -2.30. The molecular weight excluding hydrogens is 268 g/mol. The molecule has 0 spiro atoms. The highest BCUT2D eigenvalue weighted by molar-refractivity contribution is 6.22. The topological polar surface area (TPSA) is 49.9 Å². The minimum absolute atomic E-state index is 0.102. The van der Waals surface area contributed by atoms with Crippen LogP contribution in [0.4, 0.5) is 5.69 Å². The zero-order valence-corrected chi connectivity index (χ0v) is 12.2. The summed E-state index contributed by atoms with van der Waals surface area (Å²) < 4.78 is 5.17. The fourth-order valence-corrected chi connectivity index (χ4v) is 3.15. The Kier molecular flexibility index (Phi) is 3.92. The van der Waals surface area contributed by atoms with E-state index in [4.69, 9.17) is 4.74 Å². The molecule has 5 heteroatoms. The quantitative estimate of drug-likeness (QED) is 0.796. The van der Waals surface area contributed by atoms with E-state index in [1.165, 1.54) is 11.3 Å². The molecule has 0 unspecified atom stereocenters. The Morgan fingerprint density at radius 1 is 1.14 bits per heavy atom. The summed E-state index contributed by atoms with van der Waals surface area (Å²) in [6, 6.07) is 6.81. The van der Waals surface area contributed by atoms with Crippen molar-refractivity contribution in [2.75, 3.05) is 25.1 Å². The monoisotopic (exact) mass is 288 g/mol. The summed E-state index contributed by atoms with van der Waals surface area (Å²) in [5.41, 5.74) is 0.601. The van der Waals surface area contributed by atoms with Crippen LogP contribution < -0.4 is 9.64 Å². The predicted molar refractivity (Wildman–Crippen MR) is 79.3 cm³/mol. The van der Waals surface area contributed by atoms with Crippen LogP contribution >= 0.6 is 0 Å². The molecule has 1 aromatic rings. The number of nitrogens with zero attached hydrogens (tertiary/aromatic N) is 2. The van der Waals surface area contributed by atoms with Crippen molar-refractivity contribution in [3.05, 3.63) is 24.3 Å². The number of benzene rings is 1. The molecule has 0 saturated carbocycles. The SMILES string of the molecule is COc1cccc(N2C(=O)C[C@@H](N3CCCCC3)C2=O)c1.